The van der Waals surface area contributed by atoms with Crippen LogP contribution in [0.15, 0.2) is 42.5 Å². The van der Waals surface area contributed by atoms with Gasteiger partial charge in [0.25, 0.3) is 0 Å². The minimum Gasteiger partial charge on any atom is -0.504 e. The van der Waals surface area contributed by atoms with Crippen LogP contribution in [-0.4, -0.2) is 16.8 Å². The highest BCUT2D eigenvalue weighted by atomic mass is 19.1. The Morgan fingerprint density at radius 1 is 0.947 bits per heavy atom. The van der Waals surface area contributed by atoms with Crippen molar-refractivity contribution in [3.63, 3.8) is 0 Å². The summed E-state index contributed by atoms with van der Waals surface area (Å²) >= 11 is 0. The van der Waals surface area contributed by atoms with E-state index in [1.807, 2.05) is 0 Å². The molecule has 0 bridgehead atoms. The van der Waals surface area contributed by atoms with E-state index in [4.69, 9.17) is 0 Å². The molecule has 100 valence electrons. The smallest absolute Gasteiger partial charge is 0.161 e. The van der Waals surface area contributed by atoms with Gasteiger partial charge in [0.05, 0.1) is 0 Å². The van der Waals surface area contributed by atoms with Gasteiger partial charge in [0.15, 0.2) is 11.5 Å². The fraction of sp³-hybridized carbons (Fsp3) is 0.200. The zero-order chi connectivity index (χ0) is 13.7. The molecule has 0 unspecified atom stereocenters. The Morgan fingerprint density at radius 2 is 1.68 bits per heavy atom. The lowest BCUT2D eigenvalue weighted by molar-refractivity contribution is 0.398. The van der Waals surface area contributed by atoms with Crippen molar-refractivity contribution < 1.29 is 14.6 Å². The topological polar surface area (TPSA) is 52.5 Å². The summed E-state index contributed by atoms with van der Waals surface area (Å²) in [5.41, 5.74) is 1.28. The second-order valence-electron chi connectivity index (χ2n) is 4.30. The van der Waals surface area contributed by atoms with E-state index in [0.717, 1.165) is 0 Å². The highest BCUT2D eigenvalue weighted by molar-refractivity contribution is 5.44. The average molecular weight is 261 g/mol. The summed E-state index contributed by atoms with van der Waals surface area (Å²) in [6.45, 7) is 1.02. The number of hydrogen-bond acceptors (Lipinski definition) is 3. The van der Waals surface area contributed by atoms with Crippen molar-refractivity contribution in [2.45, 2.75) is 13.0 Å². The number of benzene rings is 2. The van der Waals surface area contributed by atoms with Crippen LogP contribution in [0.2, 0.25) is 0 Å². The third-order valence-electron chi connectivity index (χ3n) is 2.94. The van der Waals surface area contributed by atoms with Crippen molar-refractivity contribution in [3.8, 4) is 11.5 Å². The summed E-state index contributed by atoms with van der Waals surface area (Å²) < 4.78 is 13.4. The summed E-state index contributed by atoms with van der Waals surface area (Å²) in [6.07, 6.45) is 0.576. The predicted octanol–water partition coefficient (Wildman–Crippen LogP) is 2.57. The van der Waals surface area contributed by atoms with Crippen LogP contribution in [0.5, 0.6) is 11.5 Å². The van der Waals surface area contributed by atoms with Gasteiger partial charge in [-0.2, -0.15) is 0 Å². The number of para-hydroxylation sites is 1. The first-order chi connectivity index (χ1) is 9.18. The first kappa shape index (κ1) is 13.4. The van der Waals surface area contributed by atoms with Crippen molar-refractivity contribution >= 4 is 0 Å². The number of nitrogens with one attached hydrogen (secondary N) is 1. The van der Waals surface area contributed by atoms with E-state index in [1.54, 1.807) is 30.3 Å². The van der Waals surface area contributed by atoms with Gasteiger partial charge in [-0.3, -0.25) is 0 Å². The summed E-state index contributed by atoms with van der Waals surface area (Å²) in [6, 6.07) is 11.5. The molecule has 3 nitrogen and oxygen atoms in total. The average Bonchev–Trinajstić information content (AvgIpc) is 2.41. The Hall–Kier alpha value is -2.07. The minimum atomic E-state index is -0.204. The SMILES string of the molecule is Oc1cccc(CNCCc2ccccc2F)c1O. The van der Waals surface area contributed by atoms with Gasteiger partial charge >= 0.3 is 0 Å². The van der Waals surface area contributed by atoms with E-state index in [-0.39, 0.29) is 17.3 Å². The van der Waals surface area contributed by atoms with E-state index in [1.165, 1.54) is 12.1 Å². The Morgan fingerprint density at radius 3 is 2.47 bits per heavy atom. The molecule has 0 aliphatic heterocycles. The third kappa shape index (κ3) is 3.45. The van der Waals surface area contributed by atoms with E-state index in [9.17, 15) is 14.6 Å². The number of aromatic hydroxyl groups is 2. The second kappa shape index (κ2) is 6.20. The molecule has 0 heterocycles. The van der Waals surface area contributed by atoms with Crippen LogP contribution in [0.3, 0.4) is 0 Å². The number of halogens is 1. The summed E-state index contributed by atoms with van der Waals surface area (Å²) in [7, 11) is 0. The van der Waals surface area contributed by atoms with Crippen LogP contribution in [0.4, 0.5) is 4.39 Å². The van der Waals surface area contributed by atoms with Crippen LogP contribution >= 0.6 is 0 Å². The third-order valence-corrected chi connectivity index (χ3v) is 2.94. The molecule has 0 atom stereocenters. The number of phenolic OH excluding ortho intramolecular Hbond substituents is 2. The monoisotopic (exact) mass is 261 g/mol. The lowest BCUT2D eigenvalue weighted by Gasteiger charge is -2.08. The normalized spacial score (nSPS) is 10.6. The van der Waals surface area contributed by atoms with E-state index in [2.05, 4.69) is 5.32 Å². The maximum atomic E-state index is 13.4. The van der Waals surface area contributed by atoms with E-state index < -0.39 is 0 Å². The summed E-state index contributed by atoms with van der Waals surface area (Å²) in [4.78, 5) is 0. The lowest BCUT2D eigenvalue weighted by atomic mass is 10.1. The van der Waals surface area contributed by atoms with Gasteiger partial charge in [0.1, 0.15) is 5.82 Å². The van der Waals surface area contributed by atoms with Gasteiger partial charge in [0, 0.05) is 12.1 Å². The highest BCUT2D eigenvalue weighted by Gasteiger charge is 2.05. The van der Waals surface area contributed by atoms with E-state index >= 15 is 0 Å². The molecule has 0 saturated heterocycles. The molecule has 0 amide bonds. The van der Waals surface area contributed by atoms with Gasteiger partial charge in [-0.15, -0.1) is 0 Å². The van der Waals surface area contributed by atoms with Crippen LogP contribution in [0.25, 0.3) is 0 Å². The number of phenols is 2. The molecule has 0 aliphatic carbocycles. The van der Waals surface area contributed by atoms with Gasteiger partial charge < -0.3 is 15.5 Å². The van der Waals surface area contributed by atoms with Crippen molar-refractivity contribution in [3.05, 3.63) is 59.4 Å². The van der Waals surface area contributed by atoms with Crippen molar-refractivity contribution in [2.24, 2.45) is 0 Å². The maximum absolute atomic E-state index is 13.4. The Balaban J connectivity index is 1.84. The molecule has 2 rings (SSSR count). The zero-order valence-corrected chi connectivity index (χ0v) is 10.4. The number of hydrogen-bond donors (Lipinski definition) is 3. The Kier molecular flexibility index (Phi) is 4.36. The van der Waals surface area contributed by atoms with Gasteiger partial charge in [-0.05, 0) is 30.7 Å². The first-order valence-corrected chi connectivity index (χ1v) is 6.12. The molecule has 0 saturated carbocycles. The molecule has 4 heteroatoms. The molecule has 0 spiro atoms. The van der Waals surface area contributed by atoms with E-state index in [0.29, 0.717) is 30.6 Å². The molecule has 2 aromatic carbocycles. The Labute approximate surface area is 111 Å². The summed E-state index contributed by atoms with van der Waals surface area (Å²) in [5.74, 6) is -0.446. The molecule has 3 N–H and O–H groups in total. The van der Waals surface area contributed by atoms with Crippen molar-refractivity contribution in [1.82, 2.24) is 5.32 Å². The summed E-state index contributed by atoms with van der Waals surface area (Å²) in [5, 5.41) is 22.1. The molecule has 0 radical (unpaired) electrons. The first-order valence-electron chi connectivity index (χ1n) is 6.12. The quantitative estimate of drug-likeness (QED) is 0.572. The standard InChI is InChI=1S/C15H16FNO2/c16-13-6-2-1-4-11(13)8-9-17-10-12-5-3-7-14(18)15(12)19/h1-7,17-19H,8-10H2. The van der Waals surface area contributed by atoms with Crippen molar-refractivity contribution in [1.29, 1.82) is 0 Å². The molecule has 19 heavy (non-hydrogen) atoms. The molecule has 0 aromatic heterocycles. The zero-order valence-electron chi connectivity index (χ0n) is 10.4. The molecule has 0 fully saturated rings. The number of rotatable bonds is 5. The van der Waals surface area contributed by atoms with Crippen LogP contribution < -0.4 is 5.32 Å². The van der Waals surface area contributed by atoms with Gasteiger partial charge in [-0.1, -0.05) is 30.3 Å². The molecular weight excluding hydrogens is 245 g/mol. The van der Waals surface area contributed by atoms with Gasteiger partial charge in [-0.25, -0.2) is 4.39 Å². The van der Waals surface area contributed by atoms with Crippen molar-refractivity contribution in [2.75, 3.05) is 6.54 Å². The molecule has 0 aliphatic rings. The van der Waals surface area contributed by atoms with Crippen LogP contribution in [0.1, 0.15) is 11.1 Å². The second-order valence-corrected chi connectivity index (χ2v) is 4.30. The van der Waals surface area contributed by atoms with Crippen LogP contribution in [-0.2, 0) is 13.0 Å². The minimum absolute atomic E-state index is 0.110. The predicted molar refractivity (Wildman–Crippen MR) is 71.6 cm³/mol. The Bertz CT molecular complexity index is 558. The largest absolute Gasteiger partial charge is 0.504 e. The highest BCUT2D eigenvalue weighted by Crippen LogP contribution is 2.27. The molecule has 2 aromatic rings. The lowest BCUT2D eigenvalue weighted by Crippen LogP contribution is -2.17. The molecular formula is C15H16FNO2. The van der Waals surface area contributed by atoms with Gasteiger partial charge in [0.2, 0.25) is 0 Å². The maximum Gasteiger partial charge on any atom is 0.161 e. The fourth-order valence-electron chi connectivity index (χ4n) is 1.87. The fourth-order valence-corrected chi connectivity index (χ4v) is 1.87. The van der Waals surface area contributed by atoms with Crippen LogP contribution in [0, 0.1) is 5.82 Å².